The second-order valence-electron chi connectivity index (χ2n) is 5.42. The monoisotopic (exact) mass is 229 g/mol. The molecule has 17 heavy (non-hydrogen) atoms. The summed E-state index contributed by atoms with van der Waals surface area (Å²) < 4.78 is 0. The minimum atomic E-state index is -0.463. The number of hydrogen-bond acceptors (Lipinski definition) is 2. The lowest BCUT2D eigenvalue weighted by Gasteiger charge is -2.34. The summed E-state index contributed by atoms with van der Waals surface area (Å²) in [6.07, 6.45) is 1.02. The van der Waals surface area contributed by atoms with E-state index in [4.69, 9.17) is 0 Å². The van der Waals surface area contributed by atoms with Crippen molar-refractivity contribution in [2.45, 2.75) is 38.1 Å². The fraction of sp³-hybridized carbons (Fsp3) is 0.429. The molecule has 3 heteroatoms. The lowest BCUT2D eigenvalue weighted by atomic mass is 9.86. The Balaban J connectivity index is 2.07. The van der Waals surface area contributed by atoms with E-state index in [1.54, 1.807) is 0 Å². The van der Waals surface area contributed by atoms with Crippen molar-refractivity contribution in [2.24, 2.45) is 0 Å². The summed E-state index contributed by atoms with van der Waals surface area (Å²) in [5, 5.41) is 0. The molecule has 3 rings (SSSR count). The molecule has 0 spiro atoms. The van der Waals surface area contributed by atoms with Crippen molar-refractivity contribution in [3.63, 3.8) is 0 Å². The number of Topliss-reactive ketones (excluding diaryl/α,β-unsaturated/α-hetero) is 1. The number of nitrogens with zero attached hydrogens (tertiary/aromatic N) is 1. The molecule has 1 amide bonds. The van der Waals surface area contributed by atoms with Gasteiger partial charge in [0, 0.05) is 18.5 Å². The van der Waals surface area contributed by atoms with Crippen molar-refractivity contribution in [1.82, 2.24) is 0 Å². The maximum atomic E-state index is 12.4. The third-order valence-corrected chi connectivity index (χ3v) is 3.88. The van der Waals surface area contributed by atoms with Crippen molar-refractivity contribution in [3.8, 4) is 0 Å². The zero-order chi connectivity index (χ0) is 12.2. The minimum absolute atomic E-state index is 0.0814. The van der Waals surface area contributed by atoms with Gasteiger partial charge in [-0.3, -0.25) is 9.59 Å². The molecular weight excluding hydrogens is 214 g/mol. The summed E-state index contributed by atoms with van der Waals surface area (Å²) in [5.41, 5.74) is 1.60. The quantitative estimate of drug-likeness (QED) is 0.739. The summed E-state index contributed by atoms with van der Waals surface area (Å²) in [4.78, 5) is 25.4. The van der Waals surface area contributed by atoms with Gasteiger partial charge in [-0.05, 0) is 25.5 Å². The highest BCUT2D eigenvalue weighted by atomic mass is 16.2. The third kappa shape index (κ3) is 1.28. The molecule has 1 saturated carbocycles. The number of carbonyl (C=O) groups excluding carboxylic acids is 2. The van der Waals surface area contributed by atoms with E-state index in [9.17, 15) is 9.59 Å². The number of benzene rings is 1. The summed E-state index contributed by atoms with van der Waals surface area (Å²) >= 11 is 0. The topological polar surface area (TPSA) is 37.4 Å². The van der Waals surface area contributed by atoms with Gasteiger partial charge >= 0.3 is 0 Å². The van der Waals surface area contributed by atoms with Gasteiger partial charge in [-0.1, -0.05) is 18.2 Å². The van der Waals surface area contributed by atoms with Crippen LogP contribution in [-0.2, 0) is 15.0 Å². The Kier molecular flexibility index (Phi) is 1.97. The van der Waals surface area contributed by atoms with E-state index in [1.165, 1.54) is 0 Å². The maximum Gasteiger partial charge on any atom is 0.237 e. The second-order valence-corrected chi connectivity index (χ2v) is 5.42. The minimum Gasteiger partial charge on any atom is -0.307 e. The van der Waals surface area contributed by atoms with Gasteiger partial charge in [0.15, 0.2) is 0 Å². The first kappa shape index (κ1) is 10.5. The van der Waals surface area contributed by atoms with E-state index in [2.05, 4.69) is 0 Å². The molecule has 0 saturated heterocycles. The molecule has 2 aliphatic rings. The lowest BCUT2D eigenvalue weighted by molar-refractivity contribution is -0.127. The first-order valence-corrected chi connectivity index (χ1v) is 5.96. The first-order valence-electron chi connectivity index (χ1n) is 5.96. The fourth-order valence-corrected chi connectivity index (χ4v) is 2.75. The van der Waals surface area contributed by atoms with Crippen molar-refractivity contribution in [3.05, 3.63) is 29.8 Å². The SMILES string of the molecule is CC1(C)C(=O)N(C2CC(=O)C2)c2ccccc21. The molecule has 1 aromatic rings. The van der Waals surface area contributed by atoms with Crippen LogP contribution in [0.15, 0.2) is 24.3 Å². The standard InChI is InChI=1S/C14H15NO2/c1-14(2)11-5-3-4-6-12(11)15(13(14)17)9-7-10(16)8-9/h3-6,9H,7-8H2,1-2H3. The van der Waals surface area contributed by atoms with Crippen LogP contribution in [0, 0.1) is 0 Å². The van der Waals surface area contributed by atoms with Gasteiger partial charge in [0.1, 0.15) is 5.78 Å². The second kappa shape index (κ2) is 3.19. The highest BCUT2D eigenvalue weighted by molar-refractivity contribution is 6.09. The predicted octanol–water partition coefficient (Wildman–Crippen LogP) is 2.04. The molecule has 1 aliphatic carbocycles. The largest absolute Gasteiger partial charge is 0.307 e. The summed E-state index contributed by atoms with van der Waals surface area (Å²) in [6, 6.07) is 7.97. The zero-order valence-corrected chi connectivity index (χ0v) is 10.1. The van der Waals surface area contributed by atoms with Crippen LogP contribution in [0.4, 0.5) is 5.69 Å². The molecule has 3 nitrogen and oxygen atoms in total. The van der Waals surface area contributed by atoms with Crippen LogP contribution < -0.4 is 4.90 Å². The average molecular weight is 229 g/mol. The lowest BCUT2D eigenvalue weighted by Crippen LogP contribution is -2.49. The van der Waals surface area contributed by atoms with Crippen LogP contribution in [0.25, 0.3) is 0 Å². The molecule has 0 radical (unpaired) electrons. The highest BCUT2D eigenvalue weighted by Gasteiger charge is 2.48. The Hall–Kier alpha value is -1.64. The van der Waals surface area contributed by atoms with Gasteiger partial charge in [0.2, 0.25) is 5.91 Å². The van der Waals surface area contributed by atoms with E-state index in [-0.39, 0.29) is 17.7 Å². The van der Waals surface area contributed by atoms with E-state index in [1.807, 2.05) is 43.0 Å². The number of fused-ring (bicyclic) bond motifs is 1. The van der Waals surface area contributed by atoms with E-state index >= 15 is 0 Å². The Bertz CT molecular complexity index is 511. The van der Waals surface area contributed by atoms with Crippen molar-refractivity contribution >= 4 is 17.4 Å². The fourth-order valence-electron chi connectivity index (χ4n) is 2.75. The van der Waals surface area contributed by atoms with E-state index in [0.29, 0.717) is 12.8 Å². The van der Waals surface area contributed by atoms with E-state index < -0.39 is 5.41 Å². The number of hydrogen-bond donors (Lipinski definition) is 0. The molecule has 0 unspecified atom stereocenters. The van der Waals surface area contributed by atoms with Crippen molar-refractivity contribution < 1.29 is 9.59 Å². The van der Waals surface area contributed by atoms with Gasteiger partial charge < -0.3 is 4.90 Å². The number of ketones is 1. The van der Waals surface area contributed by atoms with Gasteiger partial charge in [-0.2, -0.15) is 0 Å². The van der Waals surface area contributed by atoms with Gasteiger partial charge in [0.05, 0.1) is 11.5 Å². The number of amides is 1. The van der Waals surface area contributed by atoms with E-state index in [0.717, 1.165) is 11.3 Å². The number of carbonyl (C=O) groups is 2. The Morgan fingerprint density at radius 3 is 2.47 bits per heavy atom. The molecule has 0 bridgehead atoms. The molecule has 88 valence electrons. The smallest absolute Gasteiger partial charge is 0.237 e. The number of anilines is 1. The van der Waals surface area contributed by atoms with Gasteiger partial charge in [-0.25, -0.2) is 0 Å². The Labute approximate surface area is 100 Å². The third-order valence-electron chi connectivity index (χ3n) is 3.88. The van der Waals surface area contributed by atoms with Crippen LogP contribution in [0.2, 0.25) is 0 Å². The molecule has 1 aromatic carbocycles. The van der Waals surface area contributed by atoms with Crippen LogP contribution in [0.3, 0.4) is 0 Å². The highest BCUT2D eigenvalue weighted by Crippen LogP contribution is 2.44. The molecule has 0 atom stereocenters. The van der Waals surface area contributed by atoms with Crippen molar-refractivity contribution in [1.29, 1.82) is 0 Å². The summed E-state index contributed by atoms with van der Waals surface area (Å²) in [6.45, 7) is 3.91. The molecule has 1 heterocycles. The number of para-hydroxylation sites is 1. The Morgan fingerprint density at radius 2 is 1.82 bits per heavy atom. The maximum absolute atomic E-state index is 12.4. The van der Waals surface area contributed by atoms with Crippen LogP contribution in [-0.4, -0.2) is 17.7 Å². The molecule has 1 aliphatic heterocycles. The number of rotatable bonds is 1. The average Bonchev–Trinajstić information content (AvgIpc) is 2.45. The normalized spacial score (nSPS) is 22.6. The summed E-state index contributed by atoms with van der Waals surface area (Å²) in [7, 11) is 0. The van der Waals surface area contributed by atoms with Crippen LogP contribution in [0.1, 0.15) is 32.3 Å². The molecule has 1 fully saturated rings. The van der Waals surface area contributed by atoms with Gasteiger partial charge in [-0.15, -0.1) is 0 Å². The molecular formula is C14H15NO2. The van der Waals surface area contributed by atoms with Crippen molar-refractivity contribution in [2.75, 3.05) is 4.90 Å². The zero-order valence-electron chi connectivity index (χ0n) is 10.1. The summed E-state index contributed by atoms with van der Waals surface area (Å²) in [5.74, 6) is 0.376. The van der Waals surface area contributed by atoms with Gasteiger partial charge in [0.25, 0.3) is 0 Å². The van der Waals surface area contributed by atoms with Crippen LogP contribution in [0.5, 0.6) is 0 Å². The molecule has 0 N–H and O–H groups in total. The molecule has 0 aromatic heterocycles. The Morgan fingerprint density at radius 1 is 1.18 bits per heavy atom. The first-order chi connectivity index (χ1) is 8.01. The predicted molar refractivity (Wildman–Crippen MR) is 65.0 cm³/mol. The van der Waals surface area contributed by atoms with Crippen LogP contribution >= 0.6 is 0 Å².